The Kier molecular flexibility index (Phi) is 1.83. The molecule has 1 aromatic carbocycles. The first-order chi connectivity index (χ1) is 9.75. The summed E-state index contributed by atoms with van der Waals surface area (Å²) in [6.45, 7) is 0. The van der Waals surface area contributed by atoms with Gasteiger partial charge in [0.25, 0.3) is 0 Å². The molecular formula is C16H15NO3. The van der Waals surface area contributed by atoms with Crippen molar-refractivity contribution in [3.05, 3.63) is 40.3 Å². The number of hydrogen-bond donors (Lipinski definition) is 1. The monoisotopic (exact) mass is 269 g/mol. The molecule has 20 heavy (non-hydrogen) atoms. The predicted octanol–water partition coefficient (Wildman–Crippen LogP) is 2.60. The van der Waals surface area contributed by atoms with Gasteiger partial charge in [-0.15, -0.1) is 4.91 Å². The molecule has 1 aliphatic heterocycles. The first-order valence-electron chi connectivity index (χ1n) is 7.28. The molecule has 4 heteroatoms. The number of hydrogen-bond acceptors (Lipinski definition) is 4. The van der Waals surface area contributed by atoms with E-state index in [0.29, 0.717) is 23.3 Å². The van der Waals surface area contributed by atoms with Crippen molar-refractivity contribution in [3.8, 4) is 5.75 Å². The van der Waals surface area contributed by atoms with Crippen LogP contribution < -0.4 is 4.74 Å². The summed E-state index contributed by atoms with van der Waals surface area (Å²) in [7, 11) is 0. The number of aliphatic hydroxyl groups is 1. The second-order valence-electron chi connectivity index (χ2n) is 6.52. The van der Waals surface area contributed by atoms with Gasteiger partial charge in [0.05, 0.1) is 0 Å². The minimum atomic E-state index is -0.595. The number of ether oxygens (including phenoxy) is 1. The zero-order chi connectivity index (χ0) is 13.5. The van der Waals surface area contributed by atoms with Crippen molar-refractivity contribution in [2.45, 2.75) is 36.9 Å². The summed E-state index contributed by atoms with van der Waals surface area (Å²) >= 11 is 0. The van der Waals surface area contributed by atoms with Crippen LogP contribution in [0.2, 0.25) is 0 Å². The Bertz CT molecular complexity index is 668. The first kappa shape index (κ1) is 11.0. The normalized spacial score (nSPS) is 42.2. The first-order valence-corrected chi connectivity index (χ1v) is 7.28. The summed E-state index contributed by atoms with van der Waals surface area (Å²) < 4.78 is 6.06. The number of benzene rings is 1. The molecule has 0 amide bonds. The van der Waals surface area contributed by atoms with Crippen LogP contribution >= 0.6 is 0 Å². The Labute approximate surface area is 116 Å². The van der Waals surface area contributed by atoms with Gasteiger partial charge >= 0.3 is 0 Å². The molecular weight excluding hydrogens is 254 g/mol. The number of nitroso groups, excluding NO2 is 1. The van der Waals surface area contributed by atoms with Crippen LogP contribution in [0.5, 0.6) is 5.75 Å². The fraction of sp³-hybridized carbons (Fsp3) is 0.500. The second-order valence-corrected chi connectivity index (χ2v) is 6.52. The van der Waals surface area contributed by atoms with Gasteiger partial charge in [-0.05, 0) is 47.9 Å². The van der Waals surface area contributed by atoms with Gasteiger partial charge in [0, 0.05) is 11.0 Å². The molecule has 1 heterocycles. The average Bonchev–Trinajstić information content (AvgIpc) is 2.95. The lowest BCUT2D eigenvalue weighted by atomic mass is 9.59. The number of rotatable bonds is 1. The third kappa shape index (κ3) is 0.986. The zero-order valence-corrected chi connectivity index (χ0v) is 11.0. The molecule has 3 aliphatic carbocycles. The van der Waals surface area contributed by atoms with Crippen LogP contribution in [0.25, 0.3) is 0 Å². The van der Waals surface area contributed by atoms with Crippen LogP contribution in [0.1, 0.15) is 24.0 Å². The molecule has 5 atom stereocenters. The Balaban J connectivity index is 1.87. The maximum Gasteiger partial charge on any atom is 0.153 e. The molecule has 1 fully saturated rings. The van der Waals surface area contributed by atoms with Gasteiger partial charge in [-0.3, -0.25) is 0 Å². The standard InChI is InChI=1S/C16H15NO3/c18-12-4-2-10-8-5-6-16(10)13-9(7-8)1-3-11(17-19)14(13)20-15(12)16/h1-4,8,10,12,15,18H,5-7H2/t8-,10?,12+,15+,16?/m1/s1. The van der Waals surface area contributed by atoms with E-state index in [1.165, 1.54) is 17.5 Å². The van der Waals surface area contributed by atoms with Crippen LogP contribution in [0.15, 0.2) is 29.5 Å². The Hall–Kier alpha value is -1.68. The molecule has 4 aliphatic rings. The van der Waals surface area contributed by atoms with Crippen LogP contribution in [-0.4, -0.2) is 17.3 Å². The highest BCUT2D eigenvalue weighted by Gasteiger charge is 2.64. The Morgan fingerprint density at radius 2 is 2.25 bits per heavy atom. The maximum atomic E-state index is 11.1. The Morgan fingerprint density at radius 1 is 1.35 bits per heavy atom. The van der Waals surface area contributed by atoms with E-state index in [4.69, 9.17) is 4.74 Å². The number of aliphatic hydroxyl groups excluding tert-OH is 1. The third-order valence-corrected chi connectivity index (χ3v) is 5.88. The minimum Gasteiger partial charge on any atom is -0.484 e. The summed E-state index contributed by atoms with van der Waals surface area (Å²) in [5.41, 5.74) is 2.71. The van der Waals surface area contributed by atoms with Crippen molar-refractivity contribution in [2.24, 2.45) is 17.0 Å². The largest absolute Gasteiger partial charge is 0.484 e. The van der Waals surface area contributed by atoms with Gasteiger partial charge in [0.2, 0.25) is 0 Å². The zero-order valence-electron chi connectivity index (χ0n) is 11.0. The van der Waals surface area contributed by atoms with Gasteiger partial charge in [0.1, 0.15) is 17.9 Å². The lowest BCUT2D eigenvalue weighted by molar-refractivity contribution is 0.0101. The quantitative estimate of drug-likeness (QED) is 0.629. The van der Waals surface area contributed by atoms with Crippen molar-refractivity contribution >= 4 is 5.69 Å². The third-order valence-electron chi connectivity index (χ3n) is 5.88. The second kappa shape index (κ2) is 3.31. The van der Waals surface area contributed by atoms with Gasteiger partial charge in [-0.2, -0.15) is 0 Å². The maximum absolute atomic E-state index is 11.1. The molecule has 0 saturated heterocycles. The van der Waals surface area contributed by atoms with E-state index in [-0.39, 0.29) is 11.5 Å². The number of nitrogens with zero attached hydrogens (tertiary/aromatic N) is 1. The predicted molar refractivity (Wildman–Crippen MR) is 73.1 cm³/mol. The van der Waals surface area contributed by atoms with Gasteiger partial charge in [-0.25, -0.2) is 0 Å². The van der Waals surface area contributed by atoms with Gasteiger partial charge < -0.3 is 9.84 Å². The Morgan fingerprint density at radius 3 is 3.10 bits per heavy atom. The van der Waals surface area contributed by atoms with E-state index in [2.05, 4.69) is 11.3 Å². The molecule has 1 spiro atoms. The fourth-order valence-corrected chi connectivity index (χ4v) is 5.22. The smallest absolute Gasteiger partial charge is 0.153 e. The SMILES string of the molecule is O=Nc1ccc2c3c1O[C@H]1[C@@H](O)C=CC4[C@H](CCC341)C2. The van der Waals surface area contributed by atoms with Gasteiger partial charge in [0.15, 0.2) is 5.75 Å². The van der Waals surface area contributed by atoms with Crippen LogP contribution in [0.4, 0.5) is 5.69 Å². The molecule has 1 N–H and O–H groups in total. The summed E-state index contributed by atoms with van der Waals surface area (Å²) in [5, 5.41) is 13.5. The average molecular weight is 269 g/mol. The van der Waals surface area contributed by atoms with Crippen molar-refractivity contribution in [3.63, 3.8) is 0 Å². The van der Waals surface area contributed by atoms with Crippen LogP contribution in [-0.2, 0) is 11.8 Å². The highest BCUT2D eigenvalue weighted by atomic mass is 16.5. The molecule has 2 unspecified atom stereocenters. The lowest BCUT2D eigenvalue weighted by Gasteiger charge is -2.44. The van der Waals surface area contributed by atoms with E-state index in [0.717, 1.165) is 12.8 Å². The molecule has 102 valence electrons. The van der Waals surface area contributed by atoms with Crippen LogP contribution in [0.3, 0.4) is 0 Å². The van der Waals surface area contributed by atoms with E-state index in [9.17, 15) is 10.0 Å². The topological polar surface area (TPSA) is 58.9 Å². The van der Waals surface area contributed by atoms with Crippen molar-refractivity contribution < 1.29 is 9.84 Å². The van der Waals surface area contributed by atoms with Gasteiger partial charge in [-0.1, -0.05) is 18.2 Å². The summed E-state index contributed by atoms with van der Waals surface area (Å²) in [6.07, 6.45) is 6.46. The highest BCUT2D eigenvalue weighted by Crippen LogP contribution is 2.66. The summed E-state index contributed by atoms with van der Waals surface area (Å²) in [6, 6.07) is 3.79. The highest BCUT2D eigenvalue weighted by molar-refractivity contribution is 5.67. The molecule has 4 nitrogen and oxygen atoms in total. The van der Waals surface area contributed by atoms with E-state index >= 15 is 0 Å². The lowest BCUT2D eigenvalue weighted by Crippen LogP contribution is -2.52. The molecule has 1 saturated carbocycles. The molecule has 5 rings (SSSR count). The van der Waals surface area contributed by atoms with Crippen molar-refractivity contribution in [1.82, 2.24) is 0 Å². The van der Waals surface area contributed by atoms with Crippen molar-refractivity contribution in [2.75, 3.05) is 0 Å². The minimum absolute atomic E-state index is 0.123. The van der Waals surface area contributed by atoms with E-state index in [1.54, 1.807) is 6.07 Å². The van der Waals surface area contributed by atoms with Crippen LogP contribution in [0, 0.1) is 16.7 Å². The molecule has 1 aromatic rings. The molecule has 0 radical (unpaired) electrons. The van der Waals surface area contributed by atoms with E-state index in [1.807, 2.05) is 12.1 Å². The summed E-state index contributed by atoms with van der Waals surface area (Å²) in [5.74, 6) is 1.71. The number of allylic oxidation sites excluding steroid dienone is 1. The summed E-state index contributed by atoms with van der Waals surface area (Å²) in [4.78, 5) is 11.1. The molecule has 0 aromatic heterocycles. The molecule has 2 bridgehead atoms. The fourth-order valence-electron chi connectivity index (χ4n) is 5.22. The van der Waals surface area contributed by atoms with Crippen molar-refractivity contribution in [1.29, 1.82) is 0 Å². The van der Waals surface area contributed by atoms with E-state index < -0.39 is 6.10 Å².